The first kappa shape index (κ1) is 18.4. The molecule has 0 saturated carbocycles. The number of nitrogens with zero attached hydrogens (tertiary/aromatic N) is 1. The summed E-state index contributed by atoms with van der Waals surface area (Å²) in [5.41, 5.74) is -0.787. The van der Waals surface area contributed by atoms with E-state index in [1.54, 1.807) is 31.2 Å². The fourth-order valence-corrected chi connectivity index (χ4v) is 3.30. The molecule has 1 aliphatic heterocycles. The molecule has 2 aromatic carbocycles. The van der Waals surface area contributed by atoms with Crippen molar-refractivity contribution in [2.75, 3.05) is 6.54 Å². The lowest BCUT2D eigenvalue weighted by atomic mass is 9.81. The first-order valence-electron chi connectivity index (χ1n) is 7.81. The van der Waals surface area contributed by atoms with Gasteiger partial charge in [-0.1, -0.05) is 28.1 Å². The van der Waals surface area contributed by atoms with Gasteiger partial charge in [-0.3, -0.25) is 19.3 Å². The Morgan fingerprint density at radius 3 is 2.42 bits per heavy atom. The molecule has 26 heavy (non-hydrogen) atoms. The van der Waals surface area contributed by atoms with Crippen LogP contribution in [0, 0.1) is 11.6 Å². The minimum absolute atomic E-state index is 0.0767. The first-order valence-corrected chi connectivity index (χ1v) is 8.61. The van der Waals surface area contributed by atoms with Crippen LogP contribution in [0.4, 0.5) is 8.78 Å². The number of Topliss-reactive ketones (excluding diaryl/α,β-unsaturated/α-hetero) is 1. The number of carbonyl (C=O) groups is 3. The van der Waals surface area contributed by atoms with Crippen LogP contribution in [0.5, 0.6) is 0 Å². The molecule has 1 aliphatic rings. The molecule has 4 nitrogen and oxygen atoms in total. The van der Waals surface area contributed by atoms with Gasteiger partial charge in [-0.25, -0.2) is 8.78 Å². The highest BCUT2D eigenvalue weighted by molar-refractivity contribution is 9.10. The molecule has 0 aliphatic carbocycles. The number of hydrogen-bond acceptors (Lipinski definition) is 3. The van der Waals surface area contributed by atoms with Gasteiger partial charge in [0.1, 0.15) is 11.6 Å². The van der Waals surface area contributed by atoms with Crippen molar-refractivity contribution in [3.05, 3.63) is 69.7 Å². The molecule has 1 heterocycles. The zero-order chi connectivity index (χ0) is 19.1. The van der Waals surface area contributed by atoms with Gasteiger partial charge in [-0.2, -0.15) is 0 Å². The van der Waals surface area contributed by atoms with E-state index in [-0.39, 0.29) is 12.0 Å². The molecule has 2 aromatic rings. The lowest BCUT2D eigenvalue weighted by Gasteiger charge is -2.22. The summed E-state index contributed by atoms with van der Waals surface area (Å²) in [6.45, 7) is 1.06. The zero-order valence-corrected chi connectivity index (χ0v) is 15.3. The van der Waals surface area contributed by atoms with Gasteiger partial charge in [0.25, 0.3) is 0 Å². The molecule has 0 radical (unpaired) electrons. The fraction of sp³-hybridized carbons (Fsp3) is 0.211. The number of ketones is 1. The minimum Gasteiger partial charge on any atom is -0.292 e. The summed E-state index contributed by atoms with van der Waals surface area (Å²) in [5, 5.41) is 0. The van der Waals surface area contributed by atoms with Crippen LogP contribution in [0.15, 0.2) is 46.9 Å². The van der Waals surface area contributed by atoms with E-state index >= 15 is 0 Å². The van der Waals surface area contributed by atoms with Crippen molar-refractivity contribution in [3.8, 4) is 0 Å². The Bertz CT molecular complexity index is 914. The highest BCUT2D eigenvalue weighted by Gasteiger charge is 2.49. The van der Waals surface area contributed by atoms with E-state index in [1.807, 2.05) is 0 Å². The second kappa shape index (κ2) is 6.72. The van der Waals surface area contributed by atoms with Crippen molar-refractivity contribution >= 4 is 33.5 Å². The van der Waals surface area contributed by atoms with Gasteiger partial charge in [0.05, 0.1) is 17.5 Å². The summed E-state index contributed by atoms with van der Waals surface area (Å²) in [7, 11) is 0. The van der Waals surface area contributed by atoms with Gasteiger partial charge >= 0.3 is 0 Å². The number of rotatable bonds is 4. The summed E-state index contributed by atoms with van der Waals surface area (Å²) in [6.07, 6.45) is -0.0767. The predicted molar refractivity (Wildman–Crippen MR) is 93.5 cm³/mol. The molecule has 1 fully saturated rings. The molecule has 3 rings (SSSR count). The van der Waals surface area contributed by atoms with Crippen LogP contribution in [-0.2, 0) is 15.0 Å². The average molecular weight is 422 g/mol. The van der Waals surface area contributed by atoms with E-state index in [0.717, 1.165) is 21.5 Å². The number of carbonyl (C=O) groups excluding carboxylic acids is 3. The second-order valence-corrected chi connectivity index (χ2v) is 7.26. The van der Waals surface area contributed by atoms with Gasteiger partial charge < -0.3 is 0 Å². The summed E-state index contributed by atoms with van der Waals surface area (Å²) >= 11 is 3.31. The monoisotopic (exact) mass is 421 g/mol. The Morgan fingerprint density at radius 2 is 1.81 bits per heavy atom. The quantitative estimate of drug-likeness (QED) is 0.559. The van der Waals surface area contributed by atoms with E-state index in [2.05, 4.69) is 15.9 Å². The lowest BCUT2D eigenvalue weighted by Crippen LogP contribution is -2.39. The van der Waals surface area contributed by atoms with Crippen LogP contribution in [0.25, 0.3) is 0 Å². The van der Waals surface area contributed by atoms with E-state index in [9.17, 15) is 23.2 Å². The Morgan fingerprint density at radius 1 is 1.15 bits per heavy atom. The molecule has 1 atom stereocenters. The largest absolute Gasteiger partial charge is 0.292 e. The molecule has 0 aromatic heterocycles. The molecule has 1 unspecified atom stereocenters. The van der Waals surface area contributed by atoms with Crippen LogP contribution in [0.3, 0.4) is 0 Å². The van der Waals surface area contributed by atoms with E-state index in [4.69, 9.17) is 0 Å². The summed E-state index contributed by atoms with van der Waals surface area (Å²) < 4.78 is 27.6. The van der Waals surface area contributed by atoms with E-state index in [1.165, 1.54) is 0 Å². The van der Waals surface area contributed by atoms with Crippen LogP contribution in [0.1, 0.15) is 29.3 Å². The van der Waals surface area contributed by atoms with Crippen molar-refractivity contribution < 1.29 is 23.2 Å². The smallest absolute Gasteiger partial charge is 0.240 e. The van der Waals surface area contributed by atoms with Crippen molar-refractivity contribution in [1.82, 2.24) is 4.90 Å². The predicted octanol–water partition coefficient (Wildman–Crippen LogP) is 3.63. The number of imide groups is 1. The lowest BCUT2D eigenvalue weighted by molar-refractivity contribution is -0.139. The maximum absolute atomic E-state index is 13.8. The van der Waals surface area contributed by atoms with Crippen LogP contribution in [-0.4, -0.2) is 29.0 Å². The maximum Gasteiger partial charge on any atom is 0.240 e. The fourth-order valence-electron chi connectivity index (χ4n) is 3.03. The minimum atomic E-state index is -1.08. The van der Waals surface area contributed by atoms with Gasteiger partial charge in [0.2, 0.25) is 11.8 Å². The Hall–Kier alpha value is -2.41. The van der Waals surface area contributed by atoms with Crippen molar-refractivity contribution in [2.24, 2.45) is 0 Å². The Kier molecular flexibility index (Phi) is 4.75. The third-order valence-electron chi connectivity index (χ3n) is 4.54. The van der Waals surface area contributed by atoms with Crippen molar-refractivity contribution in [1.29, 1.82) is 0 Å². The molecule has 0 bridgehead atoms. The Labute approximate surface area is 156 Å². The van der Waals surface area contributed by atoms with Gasteiger partial charge in [0, 0.05) is 17.0 Å². The van der Waals surface area contributed by atoms with Gasteiger partial charge in [0.15, 0.2) is 5.78 Å². The molecule has 7 heteroatoms. The third-order valence-corrected chi connectivity index (χ3v) is 5.07. The molecule has 0 N–H and O–H groups in total. The second-order valence-electron chi connectivity index (χ2n) is 6.35. The van der Waals surface area contributed by atoms with Crippen LogP contribution < -0.4 is 0 Å². The first-order chi connectivity index (χ1) is 12.2. The molecule has 134 valence electrons. The average Bonchev–Trinajstić information content (AvgIpc) is 2.79. The maximum atomic E-state index is 13.8. The number of halogens is 3. The number of benzene rings is 2. The third kappa shape index (κ3) is 3.19. The molecular formula is C19H14BrF2NO3. The van der Waals surface area contributed by atoms with Crippen LogP contribution >= 0.6 is 15.9 Å². The SMILES string of the molecule is CC1(c2ccc(Br)cc2)CC(=O)N(CC(=O)c2ccc(F)cc2F)C1=O. The van der Waals surface area contributed by atoms with Gasteiger partial charge in [-0.05, 0) is 36.8 Å². The summed E-state index contributed by atoms with van der Waals surface area (Å²) in [4.78, 5) is 38.3. The standard InChI is InChI=1S/C19H14BrF2NO3/c1-19(11-2-4-12(20)5-3-11)9-17(25)23(18(19)26)10-16(24)14-7-6-13(21)8-15(14)22/h2-8H,9-10H2,1H3. The number of likely N-dealkylation sites (tertiary alicyclic amines) is 1. The molecule has 1 saturated heterocycles. The van der Waals surface area contributed by atoms with Crippen molar-refractivity contribution in [2.45, 2.75) is 18.8 Å². The highest BCUT2D eigenvalue weighted by Crippen LogP contribution is 2.36. The molecule has 2 amide bonds. The molecular weight excluding hydrogens is 408 g/mol. The number of hydrogen-bond donors (Lipinski definition) is 0. The van der Waals surface area contributed by atoms with E-state index < -0.39 is 41.2 Å². The van der Waals surface area contributed by atoms with Crippen LogP contribution in [0.2, 0.25) is 0 Å². The number of amides is 2. The molecule has 0 spiro atoms. The normalized spacial score (nSPS) is 19.9. The zero-order valence-electron chi connectivity index (χ0n) is 13.8. The van der Waals surface area contributed by atoms with Gasteiger partial charge in [-0.15, -0.1) is 0 Å². The van der Waals surface area contributed by atoms with Crippen molar-refractivity contribution in [3.63, 3.8) is 0 Å². The summed E-state index contributed by atoms with van der Waals surface area (Å²) in [5.74, 6) is -3.61. The Balaban J connectivity index is 1.85. The summed E-state index contributed by atoms with van der Waals surface area (Å²) in [6, 6.07) is 9.55. The van der Waals surface area contributed by atoms with E-state index in [0.29, 0.717) is 11.6 Å². The highest BCUT2D eigenvalue weighted by atomic mass is 79.9. The topological polar surface area (TPSA) is 54.5 Å².